The SMILES string of the molecule is Cc1cc([N+](=O)[O-])ccc1Nc1nccc(C(F)(F)F)n1. The highest BCUT2D eigenvalue weighted by Gasteiger charge is 2.32. The molecule has 0 fully saturated rings. The van der Waals surface area contributed by atoms with Gasteiger partial charge in [0.25, 0.3) is 5.69 Å². The average Bonchev–Trinajstić information content (AvgIpc) is 2.40. The van der Waals surface area contributed by atoms with Gasteiger partial charge in [-0.15, -0.1) is 0 Å². The van der Waals surface area contributed by atoms with Gasteiger partial charge in [-0.25, -0.2) is 9.97 Å². The maximum atomic E-state index is 12.5. The molecule has 1 aromatic heterocycles. The van der Waals surface area contributed by atoms with Crippen molar-refractivity contribution in [2.75, 3.05) is 5.32 Å². The number of non-ortho nitro benzene ring substituents is 1. The molecule has 0 saturated heterocycles. The first-order chi connectivity index (χ1) is 9.77. The Labute approximate surface area is 116 Å². The third-order valence-corrected chi connectivity index (χ3v) is 2.61. The number of nitro groups is 1. The number of nitrogens with one attached hydrogen (secondary N) is 1. The van der Waals surface area contributed by atoms with Crippen LogP contribution >= 0.6 is 0 Å². The highest BCUT2D eigenvalue weighted by molar-refractivity contribution is 5.60. The van der Waals surface area contributed by atoms with Crippen LogP contribution in [0.2, 0.25) is 0 Å². The molecule has 0 aliphatic carbocycles. The number of aromatic nitrogens is 2. The van der Waals surface area contributed by atoms with Gasteiger partial charge >= 0.3 is 6.18 Å². The van der Waals surface area contributed by atoms with E-state index in [-0.39, 0.29) is 11.6 Å². The van der Waals surface area contributed by atoms with Gasteiger partial charge in [0, 0.05) is 24.0 Å². The first-order valence-corrected chi connectivity index (χ1v) is 5.69. The van der Waals surface area contributed by atoms with Gasteiger partial charge in [0.2, 0.25) is 5.95 Å². The molecule has 0 bridgehead atoms. The van der Waals surface area contributed by atoms with Crippen molar-refractivity contribution in [1.29, 1.82) is 0 Å². The van der Waals surface area contributed by atoms with Gasteiger partial charge in [0.15, 0.2) is 0 Å². The van der Waals surface area contributed by atoms with Crippen LogP contribution in [0.25, 0.3) is 0 Å². The molecule has 0 atom stereocenters. The molecule has 9 heteroatoms. The number of aryl methyl sites for hydroxylation is 1. The fourth-order valence-electron chi connectivity index (χ4n) is 1.60. The minimum Gasteiger partial charge on any atom is -0.324 e. The van der Waals surface area contributed by atoms with E-state index in [2.05, 4.69) is 15.3 Å². The molecule has 2 rings (SSSR count). The summed E-state index contributed by atoms with van der Waals surface area (Å²) in [6.45, 7) is 1.59. The zero-order chi connectivity index (χ0) is 15.6. The minimum atomic E-state index is -4.57. The van der Waals surface area contributed by atoms with E-state index in [9.17, 15) is 23.3 Å². The number of rotatable bonds is 3. The number of anilines is 2. The second-order valence-electron chi connectivity index (χ2n) is 4.14. The van der Waals surface area contributed by atoms with E-state index in [1.54, 1.807) is 6.92 Å². The van der Waals surface area contributed by atoms with Gasteiger partial charge in [-0.1, -0.05) is 0 Å². The van der Waals surface area contributed by atoms with Crippen molar-refractivity contribution < 1.29 is 18.1 Å². The van der Waals surface area contributed by atoms with Gasteiger partial charge in [-0.3, -0.25) is 10.1 Å². The fourth-order valence-corrected chi connectivity index (χ4v) is 1.60. The molecule has 6 nitrogen and oxygen atoms in total. The Hall–Kier alpha value is -2.71. The minimum absolute atomic E-state index is 0.108. The second-order valence-corrected chi connectivity index (χ2v) is 4.14. The molecule has 0 spiro atoms. The third kappa shape index (κ3) is 3.44. The van der Waals surface area contributed by atoms with Gasteiger partial charge in [-0.2, -0.15) is 13.2 Å². The quantitative estimate of drug-likeness (QED) is 0.693. The van der Waals surface area contributed by atoms with Gasteiger partial charge < -0.3 is 5.32 Å². The van der Waals surface area contributed by atoms with Crippen LogP contribution in [0, 0.1) is 17.0 Å². The molecule has 0 amide bonds. The van der Waals surface area contributed by atoms with Crippen LogP contribution in [0.5, 0.6) is 0 Å². The third-order valence-electron chi connectivity index (χ3n) is 2.61. The monoisotopic (exact) mass is 298 g/mol. The number of nitrogens with zero attached hydrogens (tertiary/aromatic N) is 3. The van der Waals surface area contributed by atoms with Gasteiger partial charge in [0.1, 0.15) is 5.69 Å². The molecular formula is C12H9F3N4O2. The van der Waals surface area contributed by atoms with E-state index in [1.165, 1.54) is 18.2 Å². The van der Waals surface area contributed by atoms with E-state index < -0.39 is 16.8 Å². The molecule has 0 saturated carbocycles. The first kappa shape index (κ1) is 14.7. The van der Waals surface area contributed by atoms with Crippen molar-refractivity contribution in [3.63, 3.8) is 0 Å². The molecule has 2 aromatic rings. The lowest BCUT2D eigenvalue weighted by Gasteiger charge is -2.10. The van der Waals surface area contributed by atoms with Crippen molar-refractivity contribution in [3.8, 4) is 0 Å². The van der Waals surface area contributed by atoms with Gasteiger partial charge in [0.05, 0.1) is 4.92 Å². The van der Waals surface area contributed by atoms with Crippen LogP contribution in [0.15, 0.2) is 30.5 Å². The van der Waals surface area contributed by atoms with Crippen LogP contribution in [0.4, 0.5) is 30.5 Å². The number of nitro benzene ring substituents is 1. The Balaban J connectivity index is 2.28. The Morgan fingerprint density at radius 1 is 1.29 bits per heavy atom. The predicted molar refractivity (Wildman–Crippen MR) is 68.2 cm³/mol. The lowest BCUT2D eigenvalue weighted by atomic mass is 10.2. The highest BCUT2D eigenvalue weighted by Crippen LogP contribution is 2.28. The Morgan fingerprint density at radius 3 is 2.57 bits per heavy atom. The Kier molecular flexibility index (Phi) is 3.74. The summed E-state index contributed by atoms with van der Waals surface area (Å²) in [4.78, 5) is 17.1. The lowest BCUT2D eigenvalue weighted by Crippen LogP contribution is -2.10. The molecule has 1 heterocycles. The molecule has 1 aromatic carbocycles. The number of benzene rings is 1. The van der Waals surface area contributed by atoms with E-state index in [4.69, 9.17) is 0 Å². The smallest absolute Gasteiger partial charge is 0.324 e. The number of hydrogen-bond acceptors (Lipinski definition) is 5. The van der Waals surface area contributed by atoms with Gasteiger partial charge in [-0.05, 0) is 24.6 Å². The summed E-state index contributed by atoms with van der Waals surface area (Å²) in [6, 6.07) is 4.68. The topological polar surface area (TPSA) is 81.0 Å². The zero-order valence-electron chi connectivity index (χ0n) is 10.7. The van der Waals surface area contributed by atoms with Crippen molar-refractivity contribution in [2.24, 2.45) is 0 Å². The summed E-state index contributed by atoms with van der Waals surface area (Å²) in [7, 11) is 0. The summed E-state index contributed by atoms with van der Waals surface area (Å²) in [6.07, 6.45) is -3.58. The largest absolute Gasteiger partial charge is 0.433 e. The summed E-state index contributed by atoms with van der Waals surface area (Å²) in [5, 5.41) is 13.2. The highest BCUT2D eigenvalue weighted by atomic mass is 19.4. The molecule has 110 valence electrons. The molecule has 0 aliphatic rings. The molecular weight excluding hydrogens is 289 g/mol. The average molecular weight is 298 g/mol. The van der Waals surface area contributed by atoms with E-state index in [1.807, 2.05) is 0 Å². The van der Waals surface area contributed by atoms with Crippen molar-refractivity contribution in [1.82, 2.24) is 9.97 Å². The van der Waals surface area contributed by atoms with Crippen LogP contribution < -0.4 is 5.32 Å². The predicted octanol–water partition coefficient (Wildman–Crippen LogP) is 3.46. The first-order valence-electron chi connectivity index (χ1n) is 5.69. The molecule has 1 N–H and O–H groups in total. The van der Waals surface area contributed by atoms with Crippen LogP contribution in [-0.4, -0.2) is 14.9 Å². The number of halogens is 3. The summed E-state index contributed by atoms with van der Waals surface area (Å²) in [5.74, 6) is -0.234. The fraction of sp³-hybridized carbons (Fsp3) is 0.167. The molecule has 0 radical (unpaired) electrons. The lowest BCUT2D eigenvalue weighted by molar-refractivity contribution is -0.384. The Bertz CT molecular complexity index is 688. The maximum Gasteiger partial charge on any atom is 0.433 e. The van der Waals surface area contributed by atoms with E-state index >= 15 is 0 Å². The number of hydrogen-bond donors (Lipinski definition) is 1. The van der Waals surface area contributed by atoms with Crippen molar-refractivity contribution in [3.05, 3.63) is 51.8 Å². The maximum absolute atomic E-state index is 12.5. The molecule has 0 aliphatic heterocycles. The second kappa shape index (κ2) is 5.35. The van der Waals surface area contributed by atoms with Crippen molar-refractivity contribution >= 4 is 17.3 Å². The van der Waals surface area contributed by atoms with E-state index in [0.717, 1.165) is 12.3 Å². The molecule has 21 heavy (non-hydrogen) atoms. The van der Waals surface area contributed by atoms with Crippen LogP contribution in [-0.2, 0) is 6.18 Å². The van der Waals surface area contributed by atoms with E-state index in [0.29, 0.717) is 11.3 Å². The normalized spacial score (nSPS) is 11.2. The molecule has 0 unspecified atom stereocenters. The Morgan fingerprint density at radius 2 is 2.00 bits per heavy atom. The number of alkyl halides is 3. The summed E-state index contributed by atoms with van der Waals surface area (Å²) >= 11 is 0. The summed E-state index contributed by atoms with van der Waals surface area (Å²) < 4.78 is 37.6. The van der Waals surface area contributed by atoms with Crippen LogP contribution in [0.3, 0.4) is 0 Å². The zero-order valence-corrected chi connectivity index (χ0v) is 10.7. The standard InChI is InChI=1S/C12H9F3N4O2/c1-7-6-8(19(20)21)2-3-9(7)17-11-16-5-4-10(18-11)12(13,14)15/h2-6H,1H3,(H,16,17,18). The van der Waals surface area contributed by atoms with Crippen molar-refractivity contribution in [2.45, 2.75) is 13.1 Å². The van der Waals surface area contributed by atoms with Crippen LogP contribution in [0.1, 0.15) is 11.3 Å². The summed E-state index contributed by atoms with van der Waals surface area (Å²) in [5.41, 5.74) is -0.298.